The second-order valence-corrected chi connectivity index (χ2v) is 46.2. The van der Waals surface area contributed by atoms with E-state index in [1.165, 1.54) is 58.7 Å². The molecule has 0 radical (unpaired) electrons. The van der Waals surface area contributed by atoms with Crippen LogP contribution in [0.25, 0.3) is 0 Å². The van der Waals surface area contributed by atoms with Gasteiger partial charge in [-0.25, -0.2) is 24.0 Å². The van der Waals surface area contributed by atoms with Crippen molar-refractivity contribution in [1.29, 1.82) is 0 Å². The number of ether oxygens (including phenoxy) is 10. The molecule has 10 aliphatic rings. The predicted molar refractivity (Wildman–Crippen MR) is 540 cm³/mol. The maximum Gasteiger partial charge on any atom is 0.347 e. The lowest BCUT2D eigenvalue weighted by Gasteiger charge is -2.54. The minimum Gasteiger partial charge on any atom is -0.481 e. The number of carbonyl (C=O) groups excluding carboxylic acids is 7. The fourth-order valence-corrected chi connectivity index (χ4v) is 30.7. The topological polar surface area (TPSA) is 212 Å². The smallest absolute Gasteiger partial charge is 0.347 e. The molecule has 716 valence electrons. The standard InChI is InChI=1S/C32H33O5S.C32H33O4S.C28H31O3S.C26H25O5S/c1-20-13-27(38(25-9-5-3-6-10-25)26-11-7-4-8-12-26)14-21(2)30(20)35-19-29(33)37-31-23-15-22-16-24(18-23)32(34)36-28(31)17-22;1-21-13-28(37(26-9-5-3-6-10-26)27-11-7-4-8-12-27)14-22(2)31(21)35-20-29(33)36-32-17-23-15-24(18-32)30(34)25(16-23)19-32;1-21-18-25(32(23-12-6-4-7-13-23)24-14-8-5-9-15-24)19-22(2)27(21)30-20-26(29)31-28(3)16-10-11-17-28;1-18-15-22(32(20-9-5-3-6-10-20)21-11-7-4-8-12-21)16-19(2)25(18)30-17-24(27)31-23-13-14-29-26(23)28/h3-14,22-24,28,31H,15-19H2,1-2H3;3-14,23-25H,15-20H2,1-2H3;4-9,12-15,18-19H,10-11,16-17,20H2,1-3H3;3-12,15-16,23H,13-14,17H2,1-2H3/q4*+1. The van der Waals surface area contributed by atoms with Crippen LogP contribution in [0.3, 0.4) is 0 Å². The third-order valence-electron chi connectivity index (χ3n) is 27.4. The van der Waals surface area contributed by atoms with Crippen LogP contribution in [0.15, 0.2) is 350 Å². The summed E-state index contributed by atoms with van der Waals surface area (Å²) in [4.78, 5) is 102. The van der Waals surface area contributed by atoms with Gasteiger partial charge in [-0.05, 0) is 299 Å². The number of Topliss-reactive ketones (excluding diaryl/α,β-unsaturated/α-hetero) is 1. The van der Waals surface area contributed by atoms with E-state index in [1.807, 2.05) is 98.7 Å². The number of benzene rings is 12. The van der Waals surface area contributed by atoms with E-state index in [4.69, 9.17) is 47.4 Å². The van der Waals surface area contributed by atoms with Gasteiger partial charge >= 0.3 is 35.8 Å². The van der Waals surface area contributed by atoms with E-state index in [9.17, 15) is 33.6 Å². The summed E-state index contributed by atoms with van der Waals surface area (Å²) in [5, 5.41) is 0. The molecule has 12 aromatic carbocycles. The van der Waals surface area contributed by atoms with Crippen molar-refractivity contribution >= 4 is 85.2 Å². The number of fused-ring (bicyclic) bond motifs is 1. The van der Waals surface area contributed by atoms with Crippen molar-refractivity contribution in [3.05, 3.63) is 336 Å². The van der Waals surface area contributed by atoms with Crippen molar-refractivity contribution in [1.82, 2.24) is 0 Å². The Labute approximate surface area is 827 Å². The first-order valence-electron chi connectivity index (χ1n) is 48.4. The summed E-state index contributed by atoms with van der Waals surface area (Å²) >= 11 is 0. The lowest BCUT2D eigenvalue weighted by atomic mass is 9.53. The van der Waals surface area contributed by atoms with Crippen molar-refractivity contribution < 1.29 is 80.9 Å². The summed E-state index contributed by atoms with van der Waals surface area (Å²) in [6.07, 6.45) is 10.7. The summed E-state index contributed by atoms with van der Waals surface area (Å²) in [6, 6.07) is 102. The van der Waals surface area contributed by atoms with Crippen molar-refractivity contribution in [3.63, 3.8) is 0 Å². The van der Waals surface area contributed by atoms with E-state index in [1.54, 1.807) is 0 Å². The number of hydrogen-bond donors (Lipinski definition) is 0. The Kier molecular flexibility index (Phi) is 31.8. The largest absolute Gasteiger partial charge is 0.481 e. The molecule has 0 N–H and O–H groups in total. The lowest BCUT2D eigenvalue weighted by Crippen LogP contribution is -2.57. The van der Waals surface area contributed by atoms with Crippen molar-refractivity contribution in [2.45, 2.75) is 240 Å². The van der Waals surface area contributed by atoms with Gasteiger partial charge in [0.2, 0.25) is 6.10 Å². The molecule has 3 saturated heterocycles. The monoisotopic (exact) mass is 1940 g/mol. The molecule has 22 rings (SSSR count). The van der Waals surface area contributed by atoms with E-state index in [0.717, 1.165) is 127 Å². The van der Waals surface area contributed by atoms with Gasteiger partial charge in [-0.1, -0.05) is 146 Å². The van der Waals surface area contributed by atoms with Gasteiger partial charge in [0.25, 0.3) is 0 Å². The van der Waals surface area contributed by atoms with Crippen LogP contribution in [0.5, 0.6) is 23.0 Å². The van der Waals surface area contributed by atoms with Crippen LogP contribution in [0, 0.1) is 90.9 Å². The molecule has 7 saturated carbocycles. The lowest BCUT2D eigenvalue weighted by molar-refractivity contribution is -0.191. The minimum atomic E-state index is -0.825. The zero-order valence-electron chi connectivity index (χ0n) is 80.4. The summed E-state index contributed by atoms with van der Waals surface area (Å²) in [5.41, 5.74) is 7.14. The first-order valence-corrected chi connectivity index (χ1v) is 53.3. The third-order valence-corrected chi connectivity index (χ3v) is 36.2. The van der Waals surface area contributed by atoms with Gasteiger partial charge in [0.15, 0.2) is 85.2 Å². The van der Waals surface area contributed by atoms with Crippen LogP contribution in [0.4, 0.5) is 0 Å². The van der Waals surface area contributed by atoms with Crippen molar-refractivity contribution in [3.8, 4) is 23.0 Å². The van der Waals surface area contributed by atoms with Gasteiger partial charge in [0.05, 0.1) is 56.1 Å². The Balaban J connectivity index is 0.000000128. The Morgan fingerprint density at radius 1 is 0.331 bits per heavy atom. The second kappa shape index (κ2) is 44.9. The molecule has 8 bridgehead atoms. The van der Waals surface area contributed by atoms with Crippen LogP contribution < -0.4 is 18.9 Å². The molecule has 17 nitrogen and oxygen atoms in total. The second-order valence-electron chi connectivity index (χ2n) is 38.1. The summed E-state index contributed by atoms with van der Waals surface area (Å²) in [6.45, 7) is 17.9. The number of hydrogen-bond acceptors (Lipinski definition) is 17. The van der Waals surface area contributed by atoms with Crippen LogP contribution in [-0.4, -0.2) is 104 Å². The summed E-state index contributed by atoms with van der Waals surface area (Å²) in [7, 11) is -0.973. The highest BCUT2D eigenvalue weighted by Crippen LogP contribution is 2.56. The van der Waals surface area contributed by atoms with Crippen LogP contribution in [0.1, 0.15) is 141 Å². The van der Waals surface area contributed by atoms with Crippen molar-refractivity contribution in [2.24, 2.45) is 35.5 Å². The Hall–Kier alpha value is -12.3. The van der Waals surface area contributed by atoms with E-state index in [0.29, 0.717) is 48.4 Å². The Morgan fingerprint density at radius 3 is 0.950 bits per heavy atom. The van der Waals surface area contributed by atoms with Gasteiger partial charge in [-0.15, -0.1) is 0 Å². The molecule has 3 heterocycles. The molecule has 21 heteroatoms. The number of esters is 6. The molecule has 139 heavy (non-hydrogen) atoms. The molecule has 8 atom stereocenters. The van der Waals surface area contributed by atoms with Gasteiger partial charge in [0.1, 0.15) is 52.2 Å². The normalized spacial score (nSPS) is 20.9. The minimum absolute atomic E-state index is 0.0381. The molecule has 8 unspecified atom stereocenters. The zero-order valence-corrected chi connectivity index (χ0v) is 83.7. The van der Waals surface area contributed by atoms with Gasteiger partial charge < -0.3 is 47.4 Å². The van der Waals surface area contributed by atoms with Crippen molar-refractivity contribution in [2.75, 3.05) is 33.0 Å². The highest BCUT2D eigenvalue weighted by atomic mass is 32.2. The Bertz CT molecular complexity index is 6060. The SMILES string of the molecule is Cc1cc([S+](c2ccccc2)c2ccccc2)cc(C)c1OCC(=O)OC1(C)CCCC1.Cc1cc([S+](c2ccccc2)c2ccccc2)cc(C)c1OCC(=O)OC12CC3CC(C1)C(=O)C(C3)C2.Cc1cc([S+](c2ccccc2)c2ccccc2)cc(C)c1OCC(=O)OC1C2CC3CC(C2)C(=O)OC1C3.Cc1cc([S+](c2ccccc2)c2ccccc2)cc(C)c1OCC(=O)OC1CCOC1=O. The van der Waals surface area contributed by atoms with E-state index in [-0.39, 0.29) is 136 Å². The van der Waals surface area contributed by atoms with Crippen LogP contribution >= 0.6 is 0 Å². The quantitative estimate of drug-likeness (QED) is 0.0253. The number of cyclic esters (lactones) is 1. The van der Waals surface area contributed by atoms with Crippen LogP contribution in [-0.2, 0) is 106 Å². The molecule has 12 aromatic rings. The van der Waals surface area contributed by atoms with Gasteiger partial charge in [-0.2, -0.15) is 0 Å². The van der Waals surface area contributed by atoms with E-state index in [2.05, 4.69) is 255 Å². The average molecular weight is 1940 g/mol. The zero-order chi connectivity index (χ0) is 96.9. The summed E-state index contributed by atoms with van der Waals surface area (Å²) in [5.74, 6) is 2.41. The average Bonchev–Trinajstić information content (AvgIpc) is 1.14. The highest BCUT2D eigenvalue weighted by Gasteiger charge is 2.58. The van der Waals surface area contributed by atoms with E-state index >= 15 is 0 Å². The number of carbonyl (C=O) groups is 7. The first-order chi connectivity index (χ1) is 67.3. The maximum atomic E-state index is 12.9. The first kappa shape index (κ1) is 98.3. The molecule has 3 aliphatic heterocycles. The fraction of sp³-hybridized carbons (Fsp3) is 0.331. The molecule has 0 aromatic heterocycles. The number of ketones is 1. The third kappa shape index (κ3) is 23.9. The van der Waals surface area contributed by atoms with Gasteiger partial charge in [0, 0.05) is 72.7 Å². The molecular formula is C118H122O17S4+4. The molecule has 0 amide bonds. The molecule has 0 spiro atoms. The fourth-order valence-electron chi connectivity index (χ4n) is 21.6. The molecule has 10 fully saturated rings. The summed E-state index contributed by atoms with van der Waals surface area (Å²) < 4.78 is 57.2. The number of rotatable bonds is 28. The van der Waals surface area contributed by atoms with Crippen LogP contribution in [0.2, 0.25) is 0 Å². The molecular weight excluding hydrogens is 1820 g/mol. The van der Waals surface area contributed by atoms with Gasteiger partial charge in [-0.3, -0.25) is 9.59 Å². The highest BCUT2D eigenvalue weighted by molar-refractivity contribution is 7.98. The predicted octanol–water partition coefficient (Wildman–Crippen LogP) is 23.8. The Morgan fingerprint density at radius 2 is 0.633 bits per heavy atom. The maximum absolute atomic E-state index is 12.9. The van der Waals surface area contributed by atoms with E-state index < -0.39 is 29.6 Å². The number of aryl methyl sites for hydroxylation is 8. The molecule has 7 aliphatic carbocycles.